The first-order valence-electron chi connectivity index (χ1n) is 6.81. The number of nitrogens with one attached hydrogen (secondary N) is 1. The van der Waals surface area contributed by atoms with Crippen molar-refractivity contribution in [3.8, 4) is 5.75 Å². The van der Waals surface area contributed by atoms with E-state index in [9.17, 15) is 19.7 Å². The van der Waals surface area contributed by atoms with Gasteiger partial charge in [-0.3, -0.25) is 19.7 Å². The molecule has 0 aliphatic carbocycles. The molecular weight excluding hydrogens is 290 g/mol. The van der Waals surface area contributed by atoms with E-state index >= 15 is 0 Å². The number of hydrogen-bond donors (Lipinski definition) is 2. The molecule has 0 saturated carbocycles. The Morgan fingerprint density at radius 1 is 1.45 bits per heavy atom. The van der Waals surface area contributed by atoms with Crippen LogP contribution >= 0.6 is 0 Å². The first-order valence-corrected chi connectivity index (χ1v) is 6.81. The van der Waals surface area contributed by atoms with E-state index in [0.29, 0.717) is 6.42 Å². The van der Waals surface area contributed by atoms with Crippen LogP contribution in [0.1, 0.15) is 20.3 Å². The summed E-state index contributed by atoms with van der Waals surface area (Å²) in [5.74, 6) is -1.03. The fourth-order valence-corrected chi connectivity index (χ4v) is 1.78. The molecule has 0 bridgehead atoms. The molecule has 8 nitrogen and oxygen atoms in total. The Hall–Kier alpha value is -2.64. The van der Waals surface area contributed by atoms with Crippen molar-refractivity contribution in [2.75, 3.05) is 6.61 Å². The van der Waals surface area contributed by atoms with Gasteiger partial charge in [0.25, 0.3) is 11.6 Å². The third kappa shape index (κ3) is 5.04. The Bertz CT molecular complexity index is 561. The highest BCUT2D eigenvalue weighted by molar-refractivity contribution is 5.87. The number of nitro benzene ring substituents is 1. The number of nitrogens with two attached hydrogens (primary N) is 1. The third-order valence-corrected chi connectivity index (χ3v) is 3.23. The number of carbonyl (C=O) groups excluding carboxylic acids is 2. The minimum Gasteiger partial charge on any atom is -0.484 e. The summed E-state index contributed by atoms with van der Waals surface area (Å²) in [6.45, 7) is 3.32. The van der Waals surface area contributed by atoms with Gasteiger partial charge in [-0.05, 0) is 12.0 Å². The maximum Gasteiger partial charge on any atom is 0.273 e. The number of nitrogens with zero attached hydrogens (tertiary/aromatic N) is 1. The molecule has 0 aliphatic heterocycles. The van der Waals surface area contributed by atoms with Crippen molar-refractivity contribution in [3.05, 3.63) is 34.4 Å². The van der Waals surface area contributed by atoms with E-state index in [1.807, 2.05) is 6.92 Å². The average molecular weight is 309 g/mol. The molecule has 0 fully saturated rings. The topological polar surface area (TPSA) is 125 Å². The average Bonchev–Trinajstić information content (AvgIpc) is 2.49. The maximum atomic E-state index is 11.8. The zero-order chi connectivity index (χ0) is 16.7. The smallest absolute Gasteiger partial charge is 0.273 e. The number of amides is 2. The van der Waals surface area contributed by atoms with Gasteiger partial charge in [-0.25, -0.2) is 0 Å². The molecule has 1 aromatic rings. The Balaban J connectivity index is 2.60. The van der Waals surface area contributed by atoms with Gasteiger partial charge >= 0.3 is 0 Å². The lowest BCUT2D eigenvalue weighted by Crippen LogP contribution is -2.49. The summed E-state index contributed by atoms with van der Waals surface area (Å²) in [7, 11) is 0. The molecular formula is C14H19N3O5. The number of non-ortho nitro benzene ring substituents is 1. The van der Waals surface area contributed by atoms with Crippen molar-refractivity contribution >= 4 is 17.5 Å². The van der Waals surface area contributed by atoms with E-state index in [4.69, 9.17) is 10.5 Å². The number of ether oxygens (including phenoxy) is 1. The molecule has 0 aromatic heterocycles. The zero-order valence-corrected chi connectivity index (χ0v) is 12.4. The normalized spacial score (nSPS) is 13.0. The molecule has 0 heterocycles. The van der Waals surface area contributed by atoms with Gasteiger partial charge in [0.1, 0.15) is 11.8 Å². The summed E-state index contributed by atoms with van der Waals surface area (Å²) in [5.41, 5.74) is 5.12. The van der Waals surface area contributed by atoms with Crippen LogP contribution in [-0.4, -0.2) is 29.4 Å². The van der Waals surface area contributed by atoms with Crippen LogP contribution in [0.15, 0.2) is 24.3 Å². The molecule has 2 amide bonds. The van der Waals surface area contributed by atoms with Crippen molar-refractivity contribution in [1.82, 2.24) is 5.32 Å². The lowest BCUT2D eigenvalue weighted by Gasteiger charge is -2.21. The van der Waals surface area contributed by atoms with Crippen LogP contribution < -0.4 is 15.8 Å². The van der Waals surface area contributed by atoms with Gasteiger partial charge in [0.2, 0.25) is 5.91 Å². The van der Waals surface area contributed by atoms with E-state index < -0.39 is 22.8 Å². The molecule has 120 valence electrons. The van der Waals surface area contributed by atoms with E-state index in [0.717, 1.165) is 0 Å². The van der Waals surface area contributed by atoms with Gasteiger partial charge in [-0.2, -0.15) is 0 Å². The summed E-state index contributed by atoms with van der Waals surface area (Å²) in [6.07, 6.45) is 0.680. The highest BCUT2D eigenvalue weighted by Crippen LogP contribution is 2.18. The monoisotopic (exact) mass is 309 g/mol. The summed E-state index contributed by atoms with van der Waals surface area (Å²) in [4.78, 5) is 33.2. The summed E-state index contributed by atoms with van der Waals surface area (Å²) in [6, 6.07) is 4.72. The minimum absolute atomic E-state index is 0.0979. The van der Waals surface area contributed by atoms with Crippen LogP contribution in [0.5, 0.6) is 5.75 Å². The number of hydrogen-bond acceptors (Lipinski definition) is 5. The summed E-state index contributed by atoms with van der Waals surface area (Å²) >= 11 is 0. The lowest BCUT2D eigenvalue weighted by atomic mass is 9.99. The number of nitro groups is 1. The maximum absolute atomic E-state index is 11.8. The largest absolute Gasteiger partial charge is 0.484 e. The van der Waals surface area contributed by atoms with Crippen molar-refractivity contribution in [2.24, 2.45) is 11.7 Å². The zero-order valence-electron chi connectivity index (χ0n) is 12.4. The second-order valence-corrected chi connectivity index (χ2v) is 4.88. The van der Waals surface area contributed by atoms with Crippen molar-refractivity contribution in [3.63, 3.8) is 0 Å². The van der Waals surface area contributed by atoms with E-state index in [2.05, 4.69) is 5.32 Å². The first-order chi connectivity index (χ1) is 10.3. The number of rotatable bonds is 8. The predicted molar refractivity (Wildman–Crippen MR) is 79.2 cm³/mol. The van der Waals surface area contributed by atoms with Crippen LogP contribution in [-0.2, 0) is 9.59 Å². The fraction of sp³-hybridized carbons (Fsp3) is 0.429. The number of benzene rings is 1. The molecule has 2 atom stereocenters. The molecule has 22 heavy (non-hydrogen) atoms. The Morgan fingerprint density at radius 3 is 2.68 bits per heavy atom. The van der Waals surface area contributed by atoms with Crippen LogP contribution in [0.2, 0.25) is 0 Å². The second-order valence-electron chi connectivity index (χ2n) is 4.88. The predicted octanol–water partition coefficient (Wildman–Crippen LogP) is 0.990. The van der Waals surface area contributed by atoms with Gasteiger partial charge in [0, 0.05) is 6.07 Å². The fourth-order valence-electron chi connectivity index (χ4n) is 1.78. The molecule has 0 spiro atoms. The van der Waals surface area contributed by atoms with E-state index in [1.165, 1.54) is 24.3 Å². The number of carbonyl (C=O) groups is 2. The molecule has 2 unspecified atom stereocenters. The summed E-state index contributed by atoms with van der Waals surface area (Å²) < 4.78 is 5.18. The van der Waals surface area contributed by atoms with Crippen molar-refractivity contribution < 1.29 is 19.2 Å². The van der Waals surface area contributed by atoms with Crippen molar-refractivity contribution in [2.45, 2.75) is 26.3 Å². The molecule has 0 saturated heterocycles. The van der Waals surface area contributed by atoms with Crippen LogP contribution in [0.25, 0.3) is 0 Å². The lowest BCUT2D eigenvalue weighted by molar-refractivity contribution is -0.384. The summed E-state index contributed by atoms with van der Waals surface area (Å²) in [5, 5.41) is 13.1. The standard InChI is InChI=1S/C14H19N3O5/c1-3-9(2)13(14(15)19)16-12(18)8-22-11-6-4-5-10(7-11)17(20)21/h4-7,9,13H,3,8H2,1-2H3,(H2,15,19)(H,16,18). The third-order valence-electron chi connectivity index (χ3n) is 3.23. The Morgan fingerprint density at radius 2 is 2.14 bits per heavy atom. The van der Waals surface area contributed by atoms with Crippen molar-refractivity contribution in [1.29, 1.82) is 0 Å². The van der Waals surface area contributed by atoms with Gasteiger partial charge in [-0.1, -0.05) is 26.3 Å². The SMILES string of the molecule is CCC(C)C(NC(=O)COc1cccc([N+](=O)[O-])c1)C(N)=O. The molecule has 1 rings (SSSR count). The van der Waals surface area contributed by atoms with Gasteiger partial charge in [-0.15, -0.1) is 0 Å². The molecule has 0 aliphatic rings. The van der Waals surface area contributed by atoms with Gasteiger partial charge in [0.05, 0.1) is 11.0 Å². The van der Waals surface area contributed by atoms with Crippen LogP contribution in [0, 0.1) is 16.0 Å². The second kappa shape index (κ2) is 7.96. The van der Waals surface area contributed by atoms with E-state index in [1.54, 1.807) is 6.92 Å². The molecule has 8 heteroatoms. The minimum atomic E-state index is -0.772. The number of primary amides is 1. The Labute approximate surface area is 127 Å². The highest BCUT2D eigenvalue weighted by Gasteiger charge is 2.23. The highest BCUT2D eigenvalue weighted by atomic mass is 16.6. The van der Waals surface area contributed by atoms with Gasteiger partial charge in [0.15, 0.2) is 6.61 Å². The first kappa shape index (κ1) is 17.4. The quantitative estimate of drug-likeness (QED) is 0.547. The van der Waals surface area contributed by atoms with E-state index in [-0.39, 0.29) is 24.0 Å². The van der Waals surface area contributed by atoms with Crippen LogP contribution in [0.4, 0.5) is 5.69 Å². The molecule has 0 radical (unpaired) electrons. The van der Waals surface area contributed by atoms with Crippen LogP contribution in [0.3, 0.4) is 0 Å². The molecule has 1 aromatic carbocycles. The molecule has 3 N–H and O–H groups in total. The Kier molecular flexibility index (Phi) is 6.30. The van der Waals surface area contributed by atoms with Gasteiger partial charge < -0.3 is 15.8 Å².